The fourth-order valence-electron chi connectivity index (χ4n) is 3.04. The predicted molar refractivity (Wildman–Crippen MR) is 91.5 cm³/mol. The number of methoxy groups -OCH3 is 2. The Morgan fingerprint density at radius 3 is 2.52 bits per heavy atom. The van der Waals surface area contributed by atoms with Crippen LogP contribution in [0.15, 0.2) is 22.7 Å². The zero-order valence-corrected chi connectivity index (χ0v) is 14.6. The number of carbonyl (C=O) groups is 1. The molecule has 1 N–H and O–H groups in total. The van der Waals surface area contributed by atoms with Crippen molar-refractivity contribution in [2.75, 3.05) is 20.8 Å². The van der Waals surface area contributed by atoms with Crippen molar-refractivity contribution in [1.82, 2.24) is 15.5 Å². The van der Waals surface area contributed by atoms with Crippen LogP contribution in [0.4, 0.5) is 0 Å². The number of nitrogens with zero attached hydrogens (tertiary/aromatic N) is 2. The number of hydrogen-bond acceptors (Lipinski definition) is 6. The van der Waals surface area contributed by atoms with Crippen molar-refractivity contribution in [3.8, 4) is 22.9 Å². The molecule has 1 aliphatic rings. The molecular weight excluding hydrogens is 322 g/mol. The monoisotopic (exact) mass is 345 g/mol. The molecule has 1 aromatic carbocycles. The molecule has 25 heavy (non-hydrogen) atoms. The summed E-state index contributed by atoms with van der Waals surface area (Å²) in [5.74, 6) is 2.57. The Labute approximate surface area is 146 Å². The molecule has 1 amide bonds. The van der Waals surface area contributed by atoms with Crippen LogP contribution in [-0.4, -0.2) is 36.8 Å². The van der Waals surface area contributed by atoms with E-state index in [-0.39, 0.29) is 11.8 Å². The van der Waals surface area contributed by atoms with Crippen LogP contribution >= 0.6 is 0 Å². The molecule has 7 heteroatoms. The molecule has 0 radical (unpaired) electrons. The summed E-state index contributed by atoms with van der Waals surface area (Å²) in [5, 5.41) is 6.95. The maximum atomic E-state index is 12.0. The van der Waals surface area contributed by atoms with Crippen molar-refractivity contribution in [3.05, 3.63) is 24.1 Å². The van der Waals surface area contributed by atoms with Crippen LogP contribution in [0.3, 0.4) is 0 Å². The molecule has 7 nitrogen and oxygen atoms in total. The number of aromatic nitrogens is 2. The third kappa shape index (κ3) is 4.29. The first kappa shape index (κ1) is 17.3. The molecule has 1 fully saturated rings. The molecule has 1 saturated carbocycles. The van der Waals surface area contributed by atoms with Crippen LogP contribution in [0.5, 0.6) is 11.5 Å². The molecule has 1 heterocycles. The number of nitrogens with one attached hydrogen (secondary N) is 1. The van der Waals surface area contributed by atoms with E-state index in [2.05, 4.69) is 15.5 Å². The maximum absolute atomic E-state index is 12.0. The summed E-state index contributed by atoms with van der Waals surface area (Å²) in [4.78, 5) is 16.4. The van der Waals surface area contributed by atoms with Gasteiger partial charge in [0.15, 0.2) is 0 Å². The molecule has 2 aromatic rings. The summed E-state index contributed by atoms with van der Waals surface area (Å²) in [6.45, 7) is 0.498. The Morgan fingerprint density at radius 1 is 1.20 bits per heavy atom. The first-order valence-corrected chi connectivity index (χ1v) is 8.53. The molecule has 0 saturated heterocycles. The van der Waals surface area contributed by atoms with Gasteiger partial charge in [-0.25, -0.2) is 0 Å². The Hall–Kier alpha value is -2.57. The molecular formula is C18H23N3O4. The molecule has 0 aliphatic heterocycles. The molecule has 1 aliphatic carbocycles. The van der Waals surface area contributed by atoms with Gasteiger partial charge in [0.05, 0.1) is 14.2 Å². The van der Waals surface area contributed by atoms with Crippen LogP contribution in [0, 0.1) is 5.92 Å². The molecule has 1 aromatic heterocycles. The van der Waals surface area contributed by atoms with Crippen molar-refractivity contribution in [1.29, 1.82) is 0 Å². The minimum atomic E-state index is 0.134. The first-order chi connectivity index (χ1) is 12.2. The lowest BCUT2D eigenvalue weighted by atomic mass is 10.1. The fraction of sp³-hybridized carbons (Fsp3) is 0.500. The van der Waals surface area contributed by atoms with Gasteiger partial charge in [0.2, 0.25) is 17.6 Å². The van der Waals surface area contributed by atoms with E-state index in [0.29, 0.717) is 36.2 Å². The molecule has 3 rings (SSSR count). The quantitative estimate of drug-likeness (QED) is 0.830. The smallest absolute Gasteiger partial charge is 0.228 e. The first-order valence-electron chi connectivity index (χ1n) is 8.53. The lowest BCUT2D eigenvalue weighted by molar-refractivity contribution is -0.124. The molecule has 0 atom stereocenters. The van der Waals surface area contributed by atoms with Gasteiger partial charge in [0, 0.05) is 30.5 Å². The number of rotatable bonds is 7. The maximum Gasteiger partial charge on any atom is 0.228 e. The predicted octanol–water partition coefficient (Wildman–Crippen LogP) is 2.60. The van der Waals surface area contributed by atoms with Crippen LogP contribution in [0.25, 0.3) is 11.4 Å². The summed E-state index contributed by atoms with van der Waals surface area (Å²) < 4.78 is 15.8. The highest BCUT2D eigenvalue weighted by Crippen LogP contribution is 2.28. The van der Waals surface area contributed by atoms with Crippen molar-refractivity contribution < 1.29 is 18.8 Å². The highest BCUT2D eigenvalue weighted by Gasteiger charge is 2.22. The summed E-state index contributed by atoms with van der Waals surface area (Å²) in [6.07, 6.45) is 4.79. The average molecular weight is 345 g/mol. The van der Waals surface area contributed by atoms with Gasteiger partial charge in [-0.1, -0.05) is 18.0 Å². The number of ether oxygens (including phenoxy) is 2. The minimum absolute atomic E-state index is 0.134. The normalized spacial score (nSPS) is 14.5. The Morgan fingerprint density at radius 2 is 1.88 bits per heavy atom. The summed E-state index contributed by atoms with van der Waals surface area (Å²) in [5.41, 5.74) is 0.751. The van der Waals surface area contributed by atoms with E-state index in [1.807, 2.05) is 12.1 Å². The second-order valence-electron chi connectivity index (χ2n) is 6.14. The van der Waals surface area contributed by atoms with Gasteiger partial charge in [0.1, 0.15) is 11.5 Å². The van der Waals surface area contributed by atoms with Crippen molar-refractivity contribution in [3.63, 3.8) is 0 Å². The number of carbonyl (C=O) groups excluding carboxylic acids is 1. The highest BCUT2D eigenvalue weighted by atomic mass is 16.5. The highest BCUT2D eigenvalue weighted by molar-refractivity contribution is 5.78. The van der Waals surface area contributed by atoms with Gasteiger partial charge in [-0.05, 0) is 25.0 Å². The van der Waals surface area contributed by atoms with E-state index in [0.717, 1.165) is 31.2 Å². The van der Waals surface area contributed by atoms with Gasteiger partial charge in [0.25, 0.3) is 0 Å². The average Bonchev–Trinajstić information content (AvgIpc) is 3.33. The molecule has 0 unspecified atom stereocenters. The second kappa shape index (κ2) is 8.00. The van der Waals surface area contributed by atoms with Gasteiger partial charge in [-0.2, -0.15) is 4.98 Å². The molecule has 0 spiro atoms. The van der Waals surface area contributed by atoms with E-state index in [4.69, 9.17) is 14.0 Å². The Kier molecular flexibility index (Phi) is 5.53. The van der Waals surface area contributed by atoms with E-state index < -0.39 is 0 Å². The SMILES string of the molecule is COc1cc(OC)cc(-c2noc(CCNC(=O)C3CCCC3)n2)c1. The topological polar surface area (TPSA) is 86.5 Å². The van der Waals surface area contributed by atoms with Crippen molar-refractivity contribution in [2.45, 2.75) is 32.1 Å². The van der Waals surface area contributed by atoms with E-state index >= 15 is 0 Å². The Balaban J connectivity index is 1.59. The molecule has 134 valence electrons. The van der Waals surface area contributed by atoms with Crippen LogP contribution in [0.1, 0.15) is 31.6 Å². The standard InChI is InChI=1S/C18H23N3O4/c1-23-14-9-13(10-15(11-14)24-2)17-20-16(25-21-17)7-8-19-18(22)12-5-3-4-6-12/h9-12H,3-8H2,1-2H3,(H,19,22). The second-order valence-corrected chi connectivity index (χ2v) is 6.14. The van der Waals surface area contributed by atoms with Crippen molar-refractivity contribution >= 4 is 5.91 Å². The summed E-state index contributed by atoms with van der Waals surface area (Å²) in [6, 6.07) is 5.42. The lowest BCUT2D eigenvalue weighted by Crippen LogP contribution is -2.30. The number of hydrogen-bond donors (Lipinski definition) is 1. The van der Waals surface area contributed by atoms with Crippen LogP contribution < -0.4 is 14.8 Å². The van der Waals surface area contributed by atoms with E-state index in [1.165, 1.54) is 0 Å². The van der Waals surface area contributed by atoms with Gasteiger partial charge in [-0.15, -0.1) is 0 Å². The van der Waals surface area contributed by atoms with Gasteiger partial charge >= 0.3 is 0 Å². The minimum Gasteiger partial charge on any atom is -0.497 e. The molecule has 0 bridgehead atoms. The van der Waals surface area contributed by atoms with Crippen molar-refractivity contribution in [2.24, 2.45) is 5.92 Å². The van der Waals surface area contributed by atoms with E-state index in [9.17, 15) is 4.79 Å². The number of benzene rings is 1. The summed E-state index contributed by atoms with van der Waals surface area (Å²) >= 11 is 0. The van der Waals surface area contributed by atoms with E-state index in [1.54, 1.807) is 20.3 Å². The number of amides is 1. The van der Waals surface area contributed by atoms with Gasteiger partial charge in [-0.3, -0.25) is 4.79 Å². The lowest BCUT2D eigenvalue weighted by Gasteiger charge is -2.08. The fourth-order valence-corrected chi connectivity index (χ4v) is 3.04. The van der Waals surface area contributed by atoms with Gasteiger partial charge < -0.3 is 19.3 Å². The van der Waals surface area contributed by atoms with Crippen LogP contribution in [-0.2, 0) is 11.2 Å². The summed E-state index contributed by atoms with van der Waals surface area (Å²) in [7, 11) is 3.18. The zero-order valence-electron chi connectivity index (χ0n) is 14.6. The van der Waals surface area contributed by atoms with Crippen LogP contribution in [0.2, 0.25) is 0 Å². The zero-order chi connectivity index (χ0) is 17.6. The third-order valence-electron chi connectivity index (χ3n) is 4.44. The third-order valence-corrected chi connectivity index (χ3v) is 4.44. The Bertz CT molecular complexity index is 701. The largest absolute Gasteiger partial charge is 0.497 e.